The molecule has 0 radical (unpaired) electrons. The van der Waals surface area contributed by atoms with Gasteiger partial charge in [-0.2, -0.15) is 0 Å². The number of aliphatic hydroxyl groups is 2. The van der Waals surface area contributed by atoms with Gasteiger partial charge in [-0.3, -0.25) is 0 Å². The molecule has 0 amide bonds. The molecule has 3 heteroatoms. The molecular weight excluding hydrogens is 180 g/mol. The molecule has 14 heavy (non-hydrogen) atoms. The second-order valence-corrected chi connectivity index (χ2v) is 4.27. The molecule has 2 fully saturated rings. The number of rotatable bonds is 3. The quantitative estimate of drug-likeness (QED) is 0.682. The van der Waals surface area contributed by atoms with Crippen LogP contribution < -0.4 is 0 Å². The van der Waals surface area contributed by atoms with Crippen LogP contribution in [0.25, 0.3) is 0 Å². The number of hydrogen-bond acceptors (Lipinski definition) is 3. The Kier molecular flexibility index (Phi) is 4.85. The van der Waals surface area contributed by atoms with Crippen LogP contribution in [0.5, 0.6) is 0 Å². The Morgan fingerprint density at radius 2 is 1.86 bits per heavy atom. The summed E-state index contributed by atoms with van der Waals surface area (Å²) >= 11 is 0. The molecule has 0 heterocycles. The van der Waals surface area contributed by atoms with Crippen molar-refractivity contribution >= 4 is 0 Å². The van der Waals surface area contributed by atoms with E-state index in [2.05, 4.69) is 4.74 Å². The van der Waals surface area contributed by atoms with Gasteiger partial charge in [0.25, 0.3) is 0 Å². The zero-order chi connectivity index (χ0) is 10.6. The lowest BCUT2D eigenvalue weighted by Crippen LogP contribution is -2.25. The molecule has 84 valence electrons. The third-order valence-corrected chi connectivity index (χ3v) is 2.97. The van der Waals surface area contributed by atoms with E-state index in [9.17, 15) is 0 Å². The third-order valence-electron chi connectivity index (χ3n) is 2.97. The van der Waals surface area contributed by atoms with Crippen molar-refractivity contribution in [2.24, 2.45) is 11.8 Å². The highest BCUT2D eigenvalue weighted by atomic mass is 16.6. The summed E-state index contributed by atoms with van der Waals surface area (Å²) in [5.74, 6) is 2.43. The lowest BCUT2D eigenvalue weighted by molar-refractivity contribution is -0.152. The van der Waals surface area contributed by atoms with E-state index in [0.717, 1.165) is 0 Å². The van der Waals surface area contributed by atoms with Crippen molar-refractivity contribution in [3.05, 3.63) is 0 Å². The Morgan fingerprint density at radius 1 is 1.29 bits per heavy atom. The fourth-order valence-corrected chi connectivity index (χ4v) is 1.97. The van der Waals surface area contributed by atoms with Crippen LogP contribution in [0.1, 0.15) is 39.5 Å². The Labute approximate surface area is 86.1 Å². The Balaban J connectivity index is 0.000000143. The van der Waals surface area contributed by atoms with Crippen molar-refractivity contribution in [3.63, 3.8) is 0 Å². The largest absolute Gasteiger partial charge is 0.388 e. The van der Waals surface area contributed by atoms with Crippen molar-refractivity contribution in [2.75, 3.05) is 6.61 Å². The SMILES string of the molecule is C1CC2CC2C1.CCOC(O)C(C)O. The van der Waals surface area contributed by atoms with E-state index in [1.54, 1.807) is 26.2 Å². The topological polar surface area (TPSA) is 49.7 Å². The van der Waals surface area contributed by atoms with Gasteiger partial charge in [0.1, 0.15) is 6.10 Å². The summed E-state index contributed by atoms with van der Waals surface area (Å²) < 4.78 is 4.61. The van der Waals surface area contributed by atoms with Crippen LogP contribution >= 0.6 is 0 Å². The van der Waals surface area contributed by atoms with Crippen molar-refractivity contribution in [2.45, 2.75) is 51.9 Å². The summed E-state index contributed by atoms with van der Waals surface area (Å²) in [5, 5.41) is 17.2. The average Bonchev–Trinajstić information content (AvgIpc) is 2.75. The van der Waals surface area contributed by atoms with Gasteiger partial charge in [-0.25, -0.2) is 0 Å². The molecule has 2 aliphatic carbocycles. The maximum Gasteiger partial charge on any atom is 0.180 e. The lowest BCUT2D eigenvalue weighted by atomic mass is 10.3. The molecule has 0 aliphatic heterocycles. The molecule has 4 atom stereocenters. The van der Waals surface area contributed by atoms with Gasteiger partial charge in [0.15, 0.2) is 6.29 Å². The first-order valence-electron chi connectivity index (χ1n) is 5.62. The van der Waals surface area contributed by atoms with Gasteiger partial charge < -0.3 is 14.9 Å². The summed E-state index contributed by atoms with van der Waals surface area (Å²) in [7, 11) is 0. The Hall–Kier alpha value is -0.120. The van der Waals surface area contributed by atoms with Crippen molar-refractivity contribution < 1.29 is 14.9 Å². The highest BCUT2D eigenvalue weighted by molar-refractivity contribution is 4.91. The summed E-state index contributed by atoms with van der Waals surface area (Å²) in [5.41, 5.74) is 0. The lowest BCUT2D eigenvalue weighted by Gasteiger charge is -2.11. The molecule has 0 saturated heterocycles. The molecule has 0 spiro atoms. The fraction of sp³-hybridized carbons (Fsp3) is 1.00. The molecule has 0 aromatic carbocycles. The smallest absolute Gasteiger partial charge is 0.180 e. The van der Waals surface area contributed by atoms with E-state index in [1.165, 1.54) is 25.2 Å². The molecule has 2 aliphatic rings. The van der Waals surface area contributed by atoms with Crippen LogP contribution in [0.2, 0.25) is 0 Å². The molecule has 0 bridgehead atoms. The fourth-order valence-electron chi connectivity index (χ4n) is 1.97. The number of aliphatic hydroxyl groups excluding tert-OH is 2. The Bertz CT molecular complexity index is 151. The molecule has 2 rings (SSSR count). The molecule has 3 nitrogen and oxygen atoms in total. The number of fused-ring (bicyclic) bond motifs is 1. The second kappa shape index (κ2) is 5.69. The second-order valence-electron chi connectivity index (χ2n) is 4.27. The molecule has 2 saturated carbocycles. The number of hydrogen-bond donors (Lipinski definition) is 2. The molecule has 0 aromatic rings. The standard InChI is InChI=1S/C6H10.C5H12O3/c1-2-5-4-6(5)3-1;1-3-8-5(7)4(2)6/h5-6H,1-4H2;4-7H,3H2,1-2H3. The zero-order valence-electron chi connectivity index (χ0n) is 9.15. The van der Waals surface area contributed by atoms with Crippen molar-refractivity contribution in [3.8, 4) is 0 Å². The van der Waals surface area contributed by atoms with Crippen LogP contribution in [0.15, 0.2) is 0 Å². The van der Waals surface area contributed by atoms with Gasteiger partial charge >= 0.3 is 0 Å². The van der Waals surface area contributed by atoms with E-state index in [4.69, 9.17) is 10.2 Å². The van der Waals surface area contributed by atoms with Crippen molar-refractivity contribution in [1.82, 2.24) is 0 Å². The van der Waals surface area contributed by atoms with Gasteiger partial charge in [0.2, 0.25) is 0 Å². The normalized spacial score (nSPS) is 32.6. The van der Waals surface area contributed by atoms with Crippen molar-refractivity contribution in [1.29, 1.82) is 0 Å². The van der Waals surface area contributed by atoms with Crippen LogP contribution in [0.4, 0.5) is 0 Å². The maximum absolute atomic E-state index is 8.65. The monoisotopic (exact) mass is 202 g/mol. The van der Waals surface area contributed by atoms with E-state index < -0.39 is 12.4 Å². The van der Waals surface area contributed by atoms with Crippen LogP contribution in [0, 0.1) is 11.8 Å². The maximum atomic E-state index is 8.65. The molecule has 0 aromatic heterocycles. The molecule has 2 N–H and O–H groups in total. The highest BCUT2D eigenvalue weighted by Gasteiger charge is 2.40. The van der Waals surface area contributed by atoms with Gasteiger partial charge in [-0.05, 0) is 32.1 Å². The highest BCUT2D eigenvalue weighted by Crippen LogP contribution is 2.51. The summed E-state index contributed by atoms with van der Waals surface area (Å²) in [6.07, 6.45) is 4.42. The van der Waals surface area contributed by atoms with E-state index in [1.807, 2.05) is 0 Å². The summed E-state index contributed by atoms with van der Waals surface area (Å²) in [4.78, 5) is 0. The zero-order valence-corrected chi connectivity index (χ0v) is 9.15. The third kappa shape index (κ3) is 3.95. The van der Waals surface area contributed by atoms with Gasteiger partial charge in [-0.1, -0.05) is 19.3 Å². The van der Waals surface area contributed by atoms with Gasteiger partial charge in [-0.15, -0.1) is 0 Å². The van der Waals surface area contributed by atoms with Crippen LogP contribution in [-0.2, 0) is 4.74 Å². The first-order valence-corrected chi connectivity index (χ1v) is 5.62. The van der Waals surface area contributed by atoms with Gasteiger partial charge in [0.05, 0.1) is 0 Å². The first kappa shape index (κ1) is 12.0. The Morgan fingerprint density at radius 3 is 2.00 bits per heavy atom. The van der Waals surface area contributed by atoms with Crippen LogP contribution in [0.3, 0.4) is 0 Å². The molecule has 4 unspecified atom stereocenters. The predicted molar refractivity (Wildman–Crippen MR) is 54.8 cm³/mol. The average molecular weight is 202 g/mol. The first-order chi connectivity index (χ1) is 6.65. The van der Waals surface area contributed by atoms with Gasteiger partial charge in [0, 0.05) is 6.61 Å². The van der Waals surface area contributed by atoms with E-state index in [-0.39, 0.29) is 0 Å². The summed E-state index contributed by atoms with van der Waals surface area (Å²) in [6.45, 7) is 3.65. The summed E-state index contributed by atoms with van der Waals surface area (Å²) in [6, 6.07) is 0. The van der Waals surface area contributed by atoms with E-state index in [0.29, 0.717) is 6.61 Å². The van der Waals surface area contributed by atoms with Crippen LogP contribution in [-0.4, -0.2) is 29.2 Å². The number of ether oxygens (including phenoxy) is 1. The minimum absolute atomic E-state index is 0.423. The minimum Gasteiger partial charge on any atom is -0.388 e. The minimum atomic E-state index is -1.03. The van der Waals surface area contributed by atoms with E-state index >= 15 is 0 Å². The predicted octanol–water partition coefficient (Wildman–Crippen LogP) is 1.53. The molecular formula is C11H22O3.